The lowest BCUT2D eigenvalue weighted by atomic mass is 10.1. The van der Waals surface area contributed by atoms with Gasteiger partial charge in [0.25, 0.3) is 5.56 Å². The Balaban J connectivity index is 1.62. The number of para-hydroxylation sites is 1. The first-order chi connectivity index (χ1) is 12.0. The van der Waals surface area contributed by atoms with E-state index in [9.17, 15) is 14.0 Å². The van der Waals surface area contributed by atoms with Crippen LogP contribution in [0.15, 0.2) is 53.3 Å². The van der Waals surface area contributed by atoms with Gasteiger partial charge in [-0.25, -0.2) is 4.39 Å². The number of hydrogen-bond donors (Lipinski definition) is 2. The third-order valence-electron chi connectivity index (χ3n) is 4.19. The van der Waals surface area contributed by atoms with Crippen molar-refractivity contribution in [2.45, 2.75) is 26.3 Å². The number of aromatic nitrogens is 1. The molecule has 0 atom stereocenters. The standard InChI is InChI=1S/C20H19FN2O2/c1-13-3-2-4-15-11-16(20(25)23-19(13)15)7-10-18(24)22-12-14-5-8-17(21)9-6-14/h2-6,8-9,11H,7,10,12H2,1H3,(H,22,24)(H,23,25). The summed E-state index contributed by atoms with van der Waals surface area (Å²) < 4.78 is 12.8. The van der Waals surface area contributed by atoms with Crippen LogP contribution in [0.1, 0.15) is 23.1 Å². The van der Waals surface area contributed by atoms with E-state index in [0.717, 1.165) is 22.0 Å². The number of pyridine rings is 1. The van der Waals surface area contributed by atoms with Crippen molar-refractivity contribution in [2.75, 3.05) is 0 Å². The summed E-state index contributed by atoms with van der Waals surface area (Å²) in [6.45, 7) is 2.28. The highest BCUT2D eigenvalue weighted by atomic mass is 19.1. The van der Waals surface area contributed by atoms with E-state index < -0.39 is 0 Å². The number of fused-ring (bicyclic) bond motifs is 1. The Labute approximate surface area is 144 Å². The highest BCUT2D eigenvalue weighted by Crippen LogP contribution is 2.15. The molecular weight excluding hydrogens is 319 g/mol. The van der Waals surface area contributed by atoms with E-state index in [-0.39, 0.29) is 23.7 Å². The summed E-state index contributed by atoms with van der Waals surface area (Å²) in [5.41, 5.74) is 3.10. The van der Waals surface area contributed by atoms with E-state index in [1.807, 2.05) is 31.2 Å². The molecule has 0 saturated carbocycles. The molecule has 0 unspecified atom stereocenters. The Bertz CT molecular complexity index is 962. The van der Waals surface area contributed by atoms with Crippen LogP contribution in [-0.2, 0) is 17.8 Å². The van der Waals surface area contributed by atoms with E-state index in [0.29, 0.717) is 18.5 Å². The molecule has 1 amide bonds. The lowest BCUT2D eigenvalue weighted by Gasteiger charge is -2.07. The third-order valence-corrected chi connectivity index (χ3v) is 4.19. The molecule has 0 fully saturated rings. The average molecular weight is 338 g/mol. The summed E-state index contributed by atoms with van der Waals surface area (Å²) >= 11 is 0. The summed E-state index contributed by atoms with van der Waals surface area (Å²) in [6, 6.07) is 13.6. The number of rotatable bonds is 5. The first kappa shape index (κ1) is 16.9. The highest BCUT2D eigenvalue weighted by Gasteiger charge is 2.08. The quantitative estimate of drug-likeness (QED) is 0.750. The molecule has 0 spiro atoms. The van der Waals surface area contributed by atoms with Crippen molar-refractivity contribution in [1.82, 2.24) is 10.3 Å². The topological polar surface area (TPSA) is 62.0 Å². The predicted octanol–water partition coefficient (Wildman–Crippen LogP) is 3.22. The summed E-state index contributed by atoms with van der Waals surface area (Å²) in [6.07, 6.45) is 0.593. The lowest BCUT2D eigenvalue weighted by Crippen LogP contribution is -2.24. The van der Waals surface area contributed by atoms with Crippen LogP contribution in [-0.4, -0.2) is 10.9 Å². The fourth-order valence-electron chi connectivity index (χ4n) is 2.75. The number of hydrogen-bond acceptors (Lipinski definition) is 2. The molecule has 5 heteroatoms. The normalized spacial score (nSPS) is 10.8. The van der Waals surface area contributed by atoms with E-state index in [1.165, 1.54) is 12.1 Å². The minimum absolute atomic E-state index is 0.145. The van der Waals surface area contributed by atoms with Crippen molar-refractivity contribution in [3.05, 3.63) is 81.4 Å². The maximum Gasteiger partial charge on any atom is 0.251 e. The van der Waals surface area contributed by atoms with E-state index in [2.05, 4.69) is 10.3 Å². The number of carbonyl (C=O) groups excluding carboxylic acids is 1. The Morgan fingerprint density at radius 3 is 2.68 bits per heavy atom. The van der Waals surface area contributed by atoms with Crippen LogP contribution >= 0.6 is 0 Å². The maximum absolute atomic E-state index is 12.8. The van der Waals surface area contributed by atoms with Crippen molar-refractivity contribution < 1.29 is 9.18 Å². The van der Waals surface area contributed by atoms with Crippen molar-refractivity contribution in [3.63, 3.8) is 0 Å². The fraction of sp³-hybridized carbons (Fsp3) is 0.200. The zero-order chi connectivity index (χ0) is 17.8. The van der Waals surface area contributed by atoms with Crippen molar-refractivity contribution in [3.8, 4) is 0 Å². The molecule has 2 aromatic carbocycles. The van der Waals surface area contributed by atoms with Gasteiger partial charge >= 0.3 is 0 Å². The van der Waals surface area contributed by atoms with Gasteiger partial charge in [-0.05, 0) is 48.1 Å². The molecule has 1 aromatic heterocycles. The SMILES string of the molecule is Cc1cccc2cc(CCC(=O)NCc3ccc(F)cc3)c(=O)[nH]c12. The van der Waals surface area contributed by atoms with Gasteiger partial charge < -0.3 is 10.3 Å². The highest BCUT2D eigenvalue weighted by molar-refractivity contribution is 5.82. The van der Waals surface area contributed by atoms with Crippen LogP contribution in [0.2, 0.25) is 0 Å². The number of aryl methyl sites for hydroxylation is 2. The van der Waals surface area contributed by atoms with E-state index >= 15 is 0 Å². The third kappa shape index (κ3) is 4.12. The van der Waals surface area contributed by atoms with Crippen LogP contribution < -0.4 is 10.9 Å². The molecule has 0 aliphatic carbocycles. The van der Waals surface area contributed by atoms with Gasteiger partial charge in [0.1, 0.15) is 5.82 Å². The summed E-state index contributed by atoms with van der Waals surface area (Å²) in [7, 11) is 0. The molecule has 4 nitrogen and oxygen atoms in total. The van der Waals surface area contributed by atoms with Gasteiger partial charge in [0.15, 0.2) is 0 Å². The minimum atomic E-state index is -0.305. The van der Waals surface area contributed by atoms with Gasteiger partial charge in [-0.2, -0.15) is 0 Å². The Morgan fingerprint density at radius 1 is 1.16 bits per heavy atom. The largest absolute Gasteiger partial charge is 0.352 e. The van der Waals surface area contributed by atoms with Crippen molar-refractivity contribution in [2.24, 2.45) is 0 Å². The Kier molecular flexibility index (Phi) is 4.93. The molecule has 3 rings (SSSR count). The maximum atomic E-state index is 12.8. The van der Waals surface area contributed by atoms with Gasteiger partial charge in [0.2, 0.25) is 5.91 Å². The molecule has 0 saturated heterocycles. The monoisotopic (exact) mass is 338 g/mol. The van der Waals surface area contributed by atoms with Crippen LogP contribution in [0.3, 0.4) is 0 Å². The first-order valence-electron chi connectivity index (χ1n) is 8.15. The number of aromatic amines is 1. The van der Waals surface area contributed by atoms with Gasteiger partial charge in [-0.15, -0.1) is 0 Å². The summed E-state index contributed by atoms with van der Waals surface area (Å²) in [5, 5.41) is 3.74. The average Bonchev–Trinajstić information content (AvgIpc) is 2.60. The zero-order valence-corrected chi connectivity index (χ0v) is 13.9. The summed E-state index contributed by atoms with van der Waals surface area (Å²) in [4.78, 5) is 27.1. The van der Waals surface area contributed by atoms with Crippen LogP contribution in [0.25, 0.3) is 10.9 Å². The number of H-pyrrole nitrogens is 1. The smallest absolute Gasteiger partial charge is 0.251 e. The molecule has 25 heavy (non-hydrogen) atoms. The number of carbonyl (C=O) groups is 1. The second-order valence-electron chi connectivity index (χ2n) is 6.07. The zero-order valence-electron chi connectivity index (χ0n) is 13.9. The molecule has 128 valence electrons. The number of nitrogens with one attached hydrogen (secondary N) is 2. The van der Waals surface area contributed by atoms with E-state index in [1.54, 1.807) is 12.1 Å². The fourth-order valence-corrected chi connectivity index (χ4v) is 2.75. The lowest BCUT2D eigenvalue weighted by molar-refractivity contribution is -0.121. The van der Waals surface area contributed by atoms with Gasteiger partial charge in [0.05, 0.1) is 5.52 Å². The summed E-state index contributed by atoms with van der Waals surface area (Å²) in [5.74, 6) is -0.450. The van der Waals surface area contributed by atoms with Crippen LogP contribution in [0.5, 0.6) is 0 Å². The van der Waals surface area contributed by atoms with Crippen LogP contribution in [0, 0.1) is 12.7 Å². The van der Waals surface area contributed by atoms with Gasteiger partial charge in [-0.3, -0.25) is 9.59 Å². The van der Waals surface area contributed by atoms with Crippen molar-refractivity contribution in [1.29, 1.82) is 0 Å². The number of benzene rings is 2. The Hall–Kier alpha value is -2.95. The first-order valence-corrected chi connectivity index (χ1v) is 8.15. The van der Waals surface area contributed by atoms with E-state index in [4.69, 9.17) is 0 Å². The van der Waals surface area contributed by atoms with Gasteiger partial charge in [0, 0.05) is 18.5 Å². The second-order valence-corrected chi connectivity index (χ2v) is 6.07. The molecule has 0 aliphatic rings. The molecule has 0 aliphatic heterocycles. The van der Waals surface area contributed by atoms with Gasteiger partial charge in [-0.1, -0.05) is 30.3 Å². The Morgan fingerprint density at radius 2 is 1.92 bits per heavy atom. The molecule has 0 bridgehead atoms. The number of halogens is 1. The molecule has 2 N–H and O–H groups in total. The molecular formula is C20H19FN2O2. The van der Waals surface area contributed by atoms with Crippen LogP contribution in [0.4, 0.5) is 4.39 Å². The predicted molar refractivity (Wildman–Crippen MR) is 95.9 cm³/mol. The minimum Gasteiger partial charge on any atom is -0.352 e. The molecule has 3 aromatic rings. The molecule has 0 radical (unpaired) electrons. The number of amides is 1. The molecule has 1 heterocycles. The van der Waals surface area contributed by atoms with Crippen molar-refractivity contribution >= 4 is 16.8 Å². The second kappa shape index (κ2) is 7.30.